The minimum atomic E-state index is -0.907. The number of carboxylic acids is 1. The van der Waals surface area contributed by atoms with Gasteiger partial charge in [0.25, 0.3) is 5.91 Å². The second-order valence-corrected chi connectivity index (χ2v) is 6.88. The molecule has 1 aliphatic heterocycles. The molecular weight excluding hydrogens is 346 g/mol. The van der Waals surface area contributed by atoms with Crippen molar-refractivity contribution in [2.75, 3.05) is 13.1 Å². The summed E-state index contributed by atoms with van der Waals surface area (Å²) in [6, 6.07) is 7.15. The van der Waals surface area contributed by atoms with Gasteiger partial charge in [-0.3, -0.25) is 14.6 Å². The van der Waals surface area contributed by atoms with Crippen LogP contribution in [-0.4, -0.2) is 54.6 Å². The van der Waals surface area contributed by atoms with E-state index in [2.05, 4.69) is 15.1 Å². The Morgan fingerprint density at radius 1 is 1.15 bits per heavy atom. The molecule has 1 saturated heterocycles. The van der Waals surface area contributed by atoms with Gasteiger partial charge in [0, 0.05) is 48.9 Å². The summed E-state index contributed by atoms with van der Waals surface area (Å²) in [6.45, 7) is 4.27. The number of aliphatic carboxylic acids is 1. The predicted molar refractivity (Wildman–Crippen MR) is 96.5 cm³/mol. The van der Waals surface area contributed by atoms with Gasteiger partial charge >= 0.3 is 5.97 Å². The molecule has 27 heavy (non-hydrogen) atoms. The van der Waals surface area contributed by atoms with Crippen LogP contribution in [0.2, 0.25) is 0 Å². The first-order valence-electron chi connectivity index (χ1n) is 8.70. The Hall–Kier alpha value is -3.29. The van der Waals surface area contributed by atoms with Gasteiger partial charge in [0.15, 0.2) is 11.3 Å². The summed E-state index contributed by atoms with van der Waals surface area (Å²) in [5.74, 6) is -2.11. The number of pyridine rings is 1. The number of fused-ring (bicyclic) bond motifs is 1. The van der Waals surface area contributed by atoms with E-state index in [-0.39, 0.29) is 24.1 Å². The fourth-order valence-electron chi connectivity index (χ4n) is 3.72. The van der Waals surface area contributed by atoms with Crippen molar-refractivity contribution in [1.82, 2.24) is 24.5 Å². The Balaban J connectivity index is 1.64. The van der Waals surface area contributed by atoms with Gasteiger partial charge in [0.2, 0.25) is 0 Å². The van der Waals surface area contributed by atoms with Crippen LogP contribution in [0.4, 0.5) is 0 Å². The first-order chi connectivity index (χ1) is 12.9. The molecule has 0 spiro atoms. The van der Waals surface area contributed by atoms with Crippen molar-refractivity contribution in [3.05, 3.63) is 59.3 Å². The standard InChI is InChI=1S/C19H19N5O3/c1-11-7-12(2)24-17(21-11)8-16(22-24)18(25)23-9-14(15(10-23)19(26)27)13-3-5-20-6-4-13/h3-8,14-15H,9-10H2,1-2H3,(H,26,27)/t14-,15+/m0/s1. The van der Waals surface area contributed by atoms with Crippen LogP contribution in [-0.2, 0) is 4.79 Å². The topological polar surface area (TPSA) is 101 Å². The third-order valence-corrected chi connectivity index (χ3v) is 5.01. The van der Waals surface area contributed by atoms with Crippen molar-refractivity contribution < 1.29 is 14.7 Å². The normalized spacial score (nSPS) is 19.6. The number of carbonyl (C=O) groups is 2. The van der Waals surface area contributed by atoms with E-state index in [9.17, 15) is 14.7 Å². The molecule has 3 aromatic rings. The molecule has 1 N–H and O–H groups in total. The van der Waals surface area contributed by atoms with Crippen LogP contribution in [0.5, 0.6) is 0 Å². The van der Waals surface area contributed by atoms with Gasteiger partial charge in [-0.05, 0) is 37.6 Å². The monoisotopic (exact) mass is 365 g/mol. The quantitative estimate of drug-likeness (QED) is 0.758. The van der Waals surface area contributed by atoms with Gasteiger partial charge in [0.1, 0.15) is 0 Å². The Labute approximate surface area is 155 Å². The van der Waals surface area contributed by atoms with Crippen molar-refractivity contribution in [2.24, 2.45) is 5.92 Å². The average molecular weight is 365 g/mol. The van der Waals surface area contributed by atoms with Crippen LogP contribution < -0.4 is 0 Å². The Bertz CT molecular complexity index is 1030. The highest BCUT2D eigenvalue weighted by Crippen LogP contribution is 2.33. The molecule has 8 nitrogen and oxygen atoms in total. The van der Waals surface area contributed by atoms with E-state index in [0.717, 1.165) is 17.0 Å². The minimum absolute atomic E-state index is 0.153. The third-order valence-electron chi connectivity index (χ3n) is 5.01. The number of aromatic nitrogens is 4. The summed E-state index contributed by atoms with van der Waals surface area (Å²) in [4.78, 5) is 34.6. The number of carboxylic acid groups (broad SMARTS) is 1. The number of amides is 1. The van der Waals surface area contributed by atoms with Crippen LogP contribution in [0.15, 0.2) is 36.7 Å². The molecule has 0 aliphatic carbocycles. The molecule has 2 atom stereocenters. The molecule has 0 bridgehead atoms. The number of nitrogens with zero attached hydrogens (tertiary/aromatic N) is 5. The fraction of sp³-hybridized carbons (Fsp3) is 0.316. The van der Waals surface area contributed by atoms with E-state index in [4.69, 9.17) is 0 Å². The van der Waals surface area contributed by atoms with Crippen LogP contribution >= 0.6 is 0 Å². The van der Waals surface area contributed by atoms with Crippen molar-refractivity contribution >= 4 is 17.5 Å². The lowest BCUT2D eigenvalue weighted by molar-refractivity contribution is -0.141. The number of likely N-dealkylation sites (tertiary alicyclic amines) is 1. The van der Waals surface area contributed by atoms with E-state index < -0.39 is 11.9 Å². The molecule has 0 radical (unpaired) electrons. The molecule has 1 aliphatic rings. The van der Waals surface area contributed by atoms with Crippen LogP contribution in [0.3, 0.4) is 0 Å². The van der Waals surface area contributed by atoms with Crippen LogP contribution in [0, 0.1) is 19.8 Å². The summed E-state index contributed by atoms with van der Waals surface area (Å²) in [5.41, 5.74) is 3.49. The SMILES string of the molecule is Cc1cc(C)n2nc(C(=O)N3C[C@@H](C(=O)O)[C@H](c4ccncc4)C3)cc2n1. The molecule has 1 fully saturated rings. The van der Waals surface area contributed by atoms with Gasteiger partial charge in [-0.15, -0.1) is 0 Å². The summed E-state index contributed by atoms with van der Waals surface area (Å²) < 4.78 is 1.63. The maximum absolute atomic E-state index is 13.0. The van der Waals surface area contributed by atoms with E-state index in [0.29, 0.717) is 12.2 Å². The summed E-state index contributed by atoms with van der Waals surface area (Å²) in [5, 5.41) is 14.0. The average Bonchev–Trinajstić information content (AvgIpc) is 3.26. The molecule has 138 valence electrons. The van der Waals surface area contributed by atoms with E-state index in [1.807, 2.05) is 19.9 Å². The number of carbonyl (C=O) groups excluding carboxylic acids is 1. The highest BCUT2D eigenvalue weighted by atomic mass is 16.4. The smallest absolute Gasteiger partial charge is 0.308 e. The van der Waals surface area contributed by atoms with Crippen molar-refractivity contribution in [3.8, 4) is 0 Å². The minimum Gasteiger partial charge on any atom is -0.481 e. The molecule has 0 saturated carbocycles. The molecule has 1 amide bonds. The number of hydrogen-bond donors (Lipinski definition) is 1. The Morgan fingerprint density at radius 2 is 1.89 bits per heavy atom. The predicted octanol–water partition coefficient (Wildman–Crippen LogP) is 1.68. The lowest BCUT2D eigenvalue weighted by Gasteiger charge is -2.15. The zero-order valence-electron chi connectivity index (χ0n) is 15.0. The Morgan fingerprint density at radius 3 is 2.59 bits per heavy atom. The van der Waals surface area contributed by atoms with E-state index >= 15 is 0 Å². The third kappa shape index (κ3) is 3.03. The number of aryl methyl sites for hydroxylation is 2. The first-order valence-corrected chi connectivity index (χ1v) is 8.70. The fourth-order valence-corrected chi connectivity index (χ4v) is 3.72. The first kappa shape index (κ1) is 17.1. The van der Waals surface area contributed by atoms with Gasteiger partial charge in [-0.2, -0.15) is 5.10 Å². The number of hydrogen-bond acceptors (Lipinski definition) is 5. The van der Waals surface area contributed by atoms with Gasteiger partial charge in [-0.25, -0.2) is 9.50 Å². The molecular formula is C19H19N5O3. The van der Waals surface area contributed by atoms with Crippen LogP contribution in [0.25, 0.3) is 5.65 Å². The molecule has 8 heteroatoms. The Kier molecular flexibility index (Phi) is 4.10. The zero-order valence-corrected chi connectivity index (χ0v) is 15.0. The summed E-state index contributed by atoms with van der Waals surface area (Å²) in [6.07, 6.45) is 3.27. The largest absolute Gasteiger partial charge is 0.481 e. The maximum Gasteiger partial charge on any atom is 0.308 e. The van der Waals surface area contributed by atoms with Gasteiger partial charge < -0.3 is 10.0 Å². The van der Waals surface area contributed by atoms with Crippen molar-refractivity contribution in [2.45, 2.75) is 19.8 Å². The van der Waals surface area contributed by atoms with Crippen molar-refractivity contribution in [3.63, 3.8) is 0 Å². The molecule has 0 aromatic carbocycles. The number of rotatable bonds is 3. The maximum atomic E-state index is 13.0. The van der Waals surface area contributed by atoms with E-state index in [1.165, 1.54) is 0 Å². The molecule has 3 aromatic heterocycles. The van der Waals surface area contributed by atoms with Crippen LogP contribution in [0.1, 0.15) is 33.4 Å². The van der Waals surface area contributed by atoms with E-state index in [1.54, 1.807) is 40.0 Å². The zero-order chi connectivity index (χ0) is 19.1. The van der Waals surface area contributed by atoms with Gasteiger partial charge in [-0.1, -0.05) is 0 Å². The second-order valence-electron chi connectivity index (χ2n) is 6.88. The summed E-state index contributed by atoms with van der Waals surface area (Å²) in [7, 11) is 0. The molecule has 4 heterocycles. The van der Waals surface area contributed by atoms with Gasteiger partial charge in [0.05, 0.1) is 5.92 Å². The summed E-state index contributed by atoms with van der Waals surface area (Å²) >= 11 is 0. The molecule has 4 rings (SSSR count). The lowest BCUT2D eigenvalue weighted by atomic mass is 9.90. The lowest BCUT2D eigenvalue weighted by Crippen LogP contribution is -2.30. The van der Waals surface area contributed by atoms with Crippen molar-refractivity contribution in [1.29, 1.82) is 0 Å². The molecule has 0 unspecified atom stereocenters. The highest BCUT2D eigenvalue weighted by molar-refractivity contribution is 5.94. The highest BCUT2D eigenvalue weighted by Gasteiger charge is 2.41. The second kappa shape index (κ2) is 6.46.